The highest BCUT2D eigenvalue weighted by molar-refractivity contribution is 7.03. The van der Waals surface area contributed by atoms with E-state index in [4.69, 9.17) is 0 Å². The summed E-state index contributed by atoms with van der Waals surface area (Å²) in [7, 11) is 0. The summed E-state index contributed by atoms with van der Waals surface area (Å²) in [4.78, 5) is 11.7. The molecule has 1 fully saturated rings. The third-order valence-corrected chi connectivity index (χ3v) is 3.08. The van der Waals surface area contributed by atoms with Gasteiger partial charge in [-0.1, -0.05) is 0 Å². The molecule has 0 aliphatic heterocycles. The molecule has 4 heteroatoms. The number of nitrogens with zero attached hydrogens (tertiary/aromatic N) is 1. The molecule has 13 heavy (non-hydrogen) atoms. The van der Waals surface area contributed by atoms with Gasteiger partial charge in [0.15, 0.2) is 0 Å². The maximum atomic E-state index is 11.7. The molecular formula is C9H11NO2S. The SMILES string of the molecule is O=C(c1ccsn1)C1(O)CCCC1. The lowest BCUT2D eigenvalue weighted by Crippen LogP contribution is -2.35. The van der Waals surface area contributed by atoms with Crippen molar-refractivity contribution in [1.29, 1.82) is 0 Å². The van der Waals surface area contributed by atoms with Crippen LogP contribution in [0.15, 0.2) is 11.4 Å². The molecular weight excluding hydrogens is 186 g/mol. The van der Waals surface area contributed by atoms with Crippen LogP contribution in [0.4, 0.5) is 0 Å². The van der Waals surface area contributed by atoms with E-state index in [1.807, 2.05) is 0 Å². The second kappa shape index (κ2) is 3.20. The Morgan fingerprint density at radius 2 is 2.23 bits per heavy atom. The van der Waals surface area contributed by atoms with Crippen LogP contribution < -0.4 is 0 Å². The van der Waals surface area contributed by atoms with E-state index in [2.05, 4.69) is 4.37 Å². The molecule has 1 aliphatic rings. The second-order valence-corrected chi connectivity index (χ2v) is 4.12. The largest absolute Gasteiger partial charge is 0.382 e. The standard InChI is InChI=1S/C9H11NO2S/c11-8(7-3-6-13-10-7)9(12)4-1-2-5-9/h3,6,12H,1-2,4-5H2. The quantitative estimate of drug-likeness (QED) is 0.733. The average Bonchev–Trinajstić information content (AvgIpc) is 2.73. The Bertz CT molecular complexity index is 301. The zero-order chi connectivity index (χ0) is 9.31. The van der Waals surface area contributed by atoms with Crippen LogP contribution in [0.5, 0.6) is 0 Å². The van der Waals surface area contributed by atoms with Gasteiger partial charge >= 0.3 is 0 Å². The van der Waals surface area contributed by atoms with E-state index in [0.29, 0.717) is 18.5 Å². The molecule has 1 aromatic heterocycles. The lowest BCUT2D eigenvalue weighted by Gasteiger charge is -2.18. The molecule has 0 spiro atoms. The summed E-state index contributed by atoms with van der Waals surface area (Å²) in [5.41, 5.74) is -0.706. The summed E-state index contributed by atoms with van der Waals surface area (Å²) in [6, 6.07) is 1.67. The maximum Gasteiger partial charge on any atom is 0.213 e. The van der Waals surface area contributed by atoms with E-state index >= 15 is 0 Å². The number of carbonyl (C=O) groups excluding carboxylic acids is 1. The molecule has 0 saturated heterocycles. The first-order chi connectivity index (χ1) is 6.22. The van der Waals surface area contributed by atoms with Crippen LogP contribution in [0, 0.1) is 0 Å². The van der Waals surface area contributed by atoms with Crippen LogP contribution in [0.3, 0.4) is 0 Å². The van der Waals surface area contributed by atoms with Crippen LogP contribution in [-0.2, 0) is 0 Å². The smallest absolute Gasteiger partial charge is 0.213 e. The zero-order valence-corrected chi connectivity index (χ0v) is 8.01. The number of hydrogen-bond donors (Lipinski definition) is 1. The van der Waals surface area contributed by atoms with E-state index < -0.39 is 5.60 Å². The summed E-state index contributed by atoms with van der Waals surface area (Å²) < 4.78 is 3.94. The van der Waals surface area contributed by atoms with Crippen LogP contribution in [0.2, 0.25) is 0 Å². The van der Waals surface area contributed by atoms with Gasteiger partial charge in [0.25, 0.3) is 0 Å². The minimum absolute atomic E-state index is 0.203. The average molecular weight is 197 g/mol. The third kappa shape index (κ3) is 1.51. The van der Waals surface area contributed by atoms with Gasteiger partial charge in [-0.25, -0.2) is 0 Å². The Kier molecular flexibility index (Phi) is 2.17. The monoisotopic (exact) mass is 197 g/mol. The van der Waals surface area contributed by atoms with E-state index in [-0.39, 0.29) is 5.78 Å². The first kappa shape index (κ1) is 8.84. The molecule has 0 atom stereocenters. The molecule has 1 aliphatic carbocycles. The van der Waals surface area contributed by atoms with Crippen molar-refractivity contribution in [3.8, 4) is 0 Å². The topological polar surface area (TPSA) is 50.2 Å². The van der Waals surface area contributed by atoms with Crippen molar-refractivity contribution >= 4 is 17.3 Å². The molecule has 0 radical (unpaired) electrons. The minimum Gasteiger partial charge on any atom is -0.382 e. The Hall–Kier alpha value is -0.740. The van der Waals surface area contributed by atoms with Gasteiger partial charge in [0.1, 0.15) is 11.3 Å². The highest BCUT2D eigenvalue weighted by atomic mass is 32.1. The fraction of sp³-hybridized carbons (Fsp3) is 0.556. The fourth-order valence-corrected chi connectivity index (χ4v) is 2.26. The maximum absolute atomic E-state index is 11.7. The van der Waals surface area contributed by atoms with Gasteiger partial charge in [0.05, 0.1) is 0 Å². The van der Waals surface area contributed by atoms with Crippen molar-refractivity contribution in [2.24, 2.45) is 0 Å². The lowest BCUT2D eigenvalue weighted by atomic mass is 9.94. The number of carbonyl (C=O) groups is 1. The number of ketones is 1. The number of rotatable bonds is 2. The first-order valence-electron chi connectivity index (χ1n) is 4.40. The van der Waals surface area contributed by atoms with Crippen molar-refractivity contribution in [3.05, 3.63) is 17.1 Å². The summed E-state index contributed by atoms with van der Waals surface area (Å²) in [6.45, 7) is 0. The number of aliphatic hydroxyl groups is 1. The van der Waals surface area contributed by atoms with Gasteiger partial charge in [-0.2, -0.15) is 4.37 Å². The molecule has 3 nitrogen and oxygen atoms in total. The van der Waals surface area contributed by atoms with Crippen molar-refractivity contribution in [3.63, 3.8) is 0 Å². The van der Waals surface area contributed by atoms with Crippen LogP contribution in [-0.4, -0.2) is 20.9 Å². The predicted octanol–water partition coefficient (Wildman–Crippen LogP) is 1.63. The van der Waals surface area contributed by atoms with Crippen LogP contribution in [0.25, 0.3) is 0 Å². The van der Waals surface area contributed by atoms with Gasteiger partial charge in [-0.05, 0) is 43.3 Å². The highest BCUT2D eigenvalue weighted by Gasteiger charge is 2.39. The van der Waals surface area contributed by atoms with Gasteiger partial charge < -0.3 is 5.11 Å². The molecule has 70 valence electrons. The van der Waals surface area contributed by atoms with E-state index in [9.17, 15) is 9.90 Å². The number of aromatic nitrogens is 1. The number of hydrogen-bond acceptors (Lipinski definition) is 4. The lowest BCUT2D eigenvalue weighted by molar-refractivity contribution is 0.0349. The molecule has 0 unspecified atom stereocenters. The predicted molar refractivity (Wildman–Crippen MR) is 49.9 cm³/mol. The Morgan fingerprint density at radius 3 is 2.77 bits per heavy atom. The fourth-order valence-electron chi connectivity index (χ4n) is 1.76. The Balaban J connectivity index is 2.21. The van der Waals surface area contributed by atoms with E-state index in [1.165, 1.54) is 11.5 Å². The van der Waals surface area contributed by atoms with Gasteiger partial charge in [-0.3, -0.25) is 4.79 Å². The summed E-state index contributed by atoms with van der Waals surface area (Å²) in [6.07, 6.45) is 3.05. The molecule has 0 aromatic carbocycles. The molecule has 1 N–H and O–H groups in total. The second-order valence-electron chi connectivity index (χ2n) is 3.45. The normalized spacial score (nSPS) is 20.4. The molecule has 1 aromatic rings. The van der Waals surface area contributed by atoms with Gasteiger partial charge in [0, 0.05) is 5.38 Å². The van der Waals surface area contributed by atoms with Crippen molar-refractivity contribution in [2.75, 3.05) is 0 Å². The first-order valence-corrected chi connectivity index (χ1v) is 5.24. The van der Waals surface area contributed by atoms with Crippen LogP contribution >= 0.6 is 11.5 Å². The number of Topliss-reactive ketones (excluding diaryl/α,β-unsaturated/α-hetero) is 1. The highest BCUT2D eigenvalue weighted by Crippen LogP contribution is 2.32. The summed E-state index contributed by atoms with van der Waals surface area (Å²) in [5.74, 6) is -0.203. The van der Waals surface area contributed by atoms with Crippen LogP contribution in [0.1, 0.15) is 36.2 Å². The summed E-state index contributed by atoms with van der Waals surface area (Å²) >= 11 is 1.24. The molecule has 2 rings (SSSR count). The van der Waals surface area contributed by atoms with E-state index in [1.54, 1.807) is 11.4 Å². The zero-order valence-electron chi connectivity index (χ0n) is 7.19. The third-order valence-electron chi connectivity index (χ3n) is 2.52. The molecule has 0 bridgehead atoms. The van der Waals surface area contributed by atoms with E-state index in [0.717, 1.165) is 12.8 Å². The van der Waals surface area contributed by atoms with Crippen molar-refractivity contribution in [1.82, 2.24) is 4.37 Å². The van der Waals surface area contributed by atoms with Crippen molar-refractivity contribution < 1.29 is 9.90 Å². The van der Waals surface area contributed by atoms with Gasteiger partial charge in [0.2, 0.25) is 5.78 Å². The minimum atomic E-state index is -1.12. The van der Waals surface area contributed by atoms with Crippen molar-refractivity contribution in [2.45, 2.75) is 31.3 Å². The Labute approximate surface area is 80.6 Å². The summed E-state index contributed by atoms with van der Waals surface area (Å²) in [5, 5.41) is 11.7. The van der Waals surface area contributed by atoms with Gasteiger partial charge in [-0.15, -0.1) is 0 Å². The molecule has 1 heterocycles. The Morgan fingerprint density at radius 1 is 1.54 bits per heavy atom. The molecule has 1 saturated carbocycles. The molecule has 0 amide bonds.